The van der Waals surface area contributed by atoms with E-state index >= 15 is 0 Å². The van der Waals surface area contributed by atoms with Gasteiger partial charge in [-0.1, -0.05) is 18.2 Å². The number of rotatable bonds is 4. The molecule has 0 fully saturated rings. The Balaban J connectivity index is 1.75. The van der Waals surface area contributed by atoms with Crippen molar-refractivity contribution in [3.8, 4) is 5.75 Å². The molecule has 1 amide bonds. The van der Waals surface area contributed by atoms with Gasteiger partial charge in [0.25, 0.3) is 5.91 Å². The highest BCUT2D eigenvalue weighted by molar-refractivity contribution is 7.80. The van der Waals surface area contributed by atoms with Gasteiger partial charge >= 0.3 is 0 Å². The van der Waals surface area contributed by atoms with Crippen LogP contribution >= 0.6 is 12.2 Å². The Hall–Kier alpha value is -3.39. The van der Waals surface area contributed by atoms with Gasteiger partial charge in [-0.25, -0.2) is 0 Å². The van der Waals surface area contributed by atoms with E-state index in [0.717, 1.165) is 5.39 Å². The van der Waals surface area contributed by atoms with E-state index in [1.807, 2.05) is 12.1 Å². The Labute approximate surface area is 153 Å². The number of carbonyl (C=O) groups excluding carboxylic acids is 2. The molecule has 1 heterocycles. The third-order valence-electron chi connectivity index (χ3n) is 3.56. The van der Waals surface area contributed by atoms with Crippen LogP contribution in [0.3, 0.4) is 0 Å². The number of thiocarbonyl (C=S) groups is 1. The van der Waals surface area contributed by atoms with Gasteiger partial charge in [0.05, 0.1) is 18.8 Å². The zero-order valence-corrected chi connectivity index (χ0v) is 14.4. The maximum absolute atomic E-state index is 12.3. The molecule has 0 aliphatic rings. The van der Waals surface area contributed by atoms with Crippen molar-refractivity contribution in [1.29, 1.82) is 0 Å². The predicted octanol–water partition coefficient (Wildman–Crippen LogP) is 1.93. The Bertz CT molecular complexity index is 979. The van der Waals surface area contributed by atoms with E-state index in [-0.39, 0.29) is 22.1 Å². The van der Waals surface area contributed by atoms with Crippen LogP contribution in [0.1, 0.15) is 20.9 Å². The van der Waals surface area contributed by atoms with Crippen LogP contribution < -0.4 is 20.5 Å². The summed E-state index contributed by atoms with van der Waals surface area (Å²) in [5, 5.41) is 17.0. The van der Waals surface area contributed by atoms with Crippen molar-refractivity contribution >= 4 is 45.9 Å². The monoisotopic (exact) mass is 369 g/mol. The number of methoxy groups -OCH3 is 1. The van der Waals surface area contributed by atoms with Gasteiger partial charge in [0.15, 0.2) is 10.9 Å². The van der Waals surface area contributed by atoms with E-state index in [2.05, 4.69) is 10.6 Å². The molecule has 0 atom stereocenters. The third kappa shape index (κ3) is 3.65. The fraction of sp³-hybridized carbons (Fsp3) is 0.0556. The average Bonchev–Trinajstić information content (AvgIpc) is 3.05. The summed E-state index contributed by atoms with van der Waals surface area (Å²) in [6.45, 7) is 0. The van der Waals surface area contributed by atoms with Gasteiger partial charge in [-0.2, -0.15) is 0 Å². The van der Waals surface area contributed by atoms with Crippen molar-refractivity contribution in [3.05, 3.63) is 59.9 Å². The molecule has 0 radical (unpaired) electrons. The van der Waals surface area contributed by atoms with Gasteiger partial charge in [0.2, 0.25) is 0 Å². The largest absolute Gasteiger partial charge is 0.545 e. The second-order valence-electron chi connectivity index (χ2n) is 5.26. The Kier molecular flexibility index (Phi) is 4.85. The molecule has 0 saturated carbocycles. The molecule has 1 aromatic heterocycles. The molecule has 3 rings (SSSR count). The molecule has 0 saturated heterocycles. The molecular formula is C18H13N2O5S-. The number of aromatic carboxylic acids is 1. The number of carboxylic acids is 1. The number of amides is 1. The van der Waals surface area contributed by atoms with Crippen LogP contribution in [0.4, 0.5) is 5.69 Å². The number of ether oxygens (including phenoxy) is 1. The van der Waals surface area contributed by atoms with Gasteiger partial charge < -0.3 is 24.4 Å². The van der Waals surface area contributed by atoms with E-state index in [9.17, 15) is 14.7 Å². The van der Waals surface area contributed by atoms with Gasteiger partial charge in [-0.15, -0.1) is 0 Å². The number of para-hydroxylation sites is 1. The van der Waals surface area contributed by atoms with Crippen molar-refractivity contribution in [2.75, 3.05) is 12.4 Å². The van der Waals surface area contributed by atoms with Crippen LogP contribution in [0.5, 0.6) is 5.75 Å². The van der Waals surface area contributed by atoms with E-state index in [1.54, 1.807) is 18.2 Å². The number of hydrogen-bond acceptors (Lipinski definition) is 6. The van der Waals surface area contributed by atoms with Crippen LogP contribution in [-0.2, 0) is 0 Å². The first-order chi connectivity index (χ1) is 12.5. The Morgan fingerprint density at radius 3 is 2.62 bits per heavy atom. The van der Waals surface area contributed by atoms with Crippen molar-refractivity contribution in [2.24, 2.45) is 0 Å². The lowest BCUT2D eigenvalue weighted by Crippen LogP contribution is -2.34. The van der Waals surface area contributed by atoms with Crippen LogP contribution in [0.25, 0.3) is 11.0 Å². The predicted molar refractivity (Wildman–Crippen MR) is 97.2 cm³/mol. The molecule has 3 aromatic rings. The number of carbonyl (C=O) groups is 2. The normalized spacial score (nSPS) is 10.3. The van der Waals surface area contributed by atoms with Crippen LogP contribution in [-0.4, -0.2) is 24.1 Å². The molecule has 8 heteroatoms. The maximum atomic E-state index is 12.3. The molecule has 26 heavy (non-hydrogen) atoms. The summed E-state index contributed by atoms with van der Waals surface area (Å²) in [4.78, 5) is 23.3. The highest BCUT2D eigenvalue weighted by Gasteiger charge is 2.14. The van der Waals surface area contributed by atoms with Gasteiger partial charge in [-0.05, 0) is 48.1 Å². The van der Waals surface area contributed by atoms with Crippen molar-refractivity contribution in [1.82, 2.24) is 5.32 Å². The number of furan rings is 1. The smallest absolute Gasteiger partial charge is 0.293 e. The molecule has 0 bridgehead atoms. The molecule has 0 unspecified atom stereocenters. The molecular weight excluding hydrogens is 356 g/mol. The summed E-state index contributed by atoms with van der Waals surface area (Å²) in [6, 6.07) is 12.9. The lowest BCUT2D eigenvalue weighted by Gasteiger charge is -2.14. The van der Waals surface area contributed by atoms with E-state index in [4.69, 9.17) is 21.4 Å². The topological polar surface area (TPSA) is 104 Å². The van der Waals surface area contributed by atoms with Gasteiger partial charge in [-0.3, -0.25) is 10.1 Å². The first-order valence-corrected chi connectivity index (χ1v) is 7.89. The Morgan fingerprint density at radius 1 is 1.15 bits per heavy atom. The fourth-order valence-electron chi connectivity index (χ4n) is 2.34. The number of benzene rings is 2. The fourth-order valence-corrected chi connectivity index (χ4v) is 2.55. The summed E-state index contributed by atoms with van der Waals surface area (Å²) in [6.07, 6.45) is 0. The number of hydrogen-bond donors (Lipinski definition) is 2. The second kappa shape index (κ2) is 7.24. The van der Waals surface area contributed by atoms with Crippen LogP contribution in [0.15, 0.2) is 52.9 Å². The van der Waals surface area contributed by atoms with Gasteiger partial charge in [0, 0.05) is 5.39 Å². The highest BCUT2D eigenvalue weighted by atomic mass is 32.1. The molecule has 7 nitrogen and oxygen atoms in total. The number of anilines is 1. The summed E-state index contributed by atoms with van der Waals surface area (Å²) in [7, 11) is 1.43. The second-order valence-corrected chi connectivity index (χ2v) is 5.67. The summed E-state index contributed by atoms with van der Waals surface area (Å²) in [5.41, 5.74) is 0.809. The van der Waals surface area contributed by atoms with E-state index in [0.29, 0.717) is 11.3 Å². The minimum Gasteiger partial charge on any atom is -0.545 e. The standard InChI is InChI=1S/C18H14N2O5S/c1-24-14-7-6-11(17(22)23)8-12(14)19-18(26)20-16(21)15-9-10-4-2-3-5-13(10)25-15/h2-9H,1H3,(H,22,23)(H2,19,20,21,26)/p-1. The molecule has 2 aromatic carbocycles. The summed E-state index contributed by atoms with van der Waals surface area (Å²) >= 11 is 5.11. The van der Waals surface area contributed by atoms with Crippen molar-refractivity contribution in [2.45, 2.75) is 0 Å². The quantitative estimate of drug-likeness (QED) is 0.677. The SMILES string of the molecule is COc1ccc(C(=O)[O-])cc1NC(=S)NC(=O)c1cc2ccccc2o1. The molecule has 0 aliphatic heterocycles. The van der Waals surface area contributed by atoms with E-state index in [1.165, 1.54) is 25.3 Å². The third-order valence-corrected chi connectivity index (χ3v) is 3.76. The first-order valence-electron chi connectivity index (χ1n) is 7.48. The lowest BCUT2D eigenvalue weighted by molar-refractivity contribution is -0.255. The highest BCUT2D eigenvalue weighted by Crippen LogP contribution is 2.25. The summed E-state index contributed by atoms with van der Waals surface area (Å²) < 4.78 is 10.6. The van der Waals surface area contributed by atoms with Crippen molar-refractivity contribution < 1.29 is 23.8 Å². The number of fused-ring (bicyclic) bond motifs is 1. The van der Waals surface area contributed by atoms with E-state index < -0.39 is 11.9 Å². The zero-order valence-electron chi connectivity index (χ0n) is 13.6. The van der Waals surface area contributed by atoms with Gasteiger partial charge in [0.1, 0.15) is 11.3 Å². The Morgan fingerprint density at radius 2 is 1.92 bits per heavy atom. The maximum Gasteiger partial charge on any atom is 0.293 e. The molecule has 0 aliphatic carbocycles. The molecule has 2 N–H and O–H groups in total. The zero-order chi connectivity index (χ0) is 18.7. The van der Waals surface area contributed by atoms with Crippen LogP contribution in [0, 0.1) is 0 Å². The number of nitrogens with one attached hydrogen (secondary N) is 2. The molecule has 0 spiro atoms. The minimum atomic E-state index is -1.34. The lowest BCUT2D eigenvalue weighted by atomic mass is 10.2. The molecule has 132 valence electrons. The summed E-state index contributed by atoms with van der Waals surface area (Å²) in [5.74, 6) is -1.41. The minimum absolute atomic E-state index is 0.0377. The van der Waals surface area contributed by atoms with Crippen molar-refractivity contribution in [3.63, 3.8) is 0 Å². The van der Waals surface area contributed by atoms with Crippen LogP contribution in [0.2, 0.25) is 0 Å². The first kappa shape index (κ1) is 17.4. The number of carboxylic acid groups (broad SMARTS) is 1. The average molecular weight is 369 g/mol.